The largest absolute Gasteiger partial charge is 0.394 e. The number of hydrogen-bond donors (Lipinski definition) is 2. The molecule has 1 saturated heterocycles. The lowest BCUT2D eigenvalue weighted by Crippen LogP contribution is -2.63. The quantitative estimate of drug-likeness (QED) is 0.675. The first-order valence-corrected chi connectivity index (χ1v) is 5.73. The second-order valence-electron chi connectivity index (χ2n) is 4.59. The molecule has 90 valence electrons. The number of nitrogens with one attached hydrogen (secondary N) is 1. The van der Waals surface area contributed by atoms with Gasteiger partial charge in [-0.3, -0.25) is 4.90 Å². The van der Waals surface area contributed by atoms with Gasteiger partial charge in [0.15, 0.2) is 0 Å². The molecule has 4 heteroatoms. The number of ether oxygens (including phenoxy) is 1. The summed E-state index contributed by atoms with van der Waals surface area (Å²) in [5.74, 6) is 0.389. The first-order chi connectivity index (χ1) is 7.17. The Hall–Kier alpha value is -0.160. The van der Waals surface area contributed by atoms with Crippen LogP contribution in [-0.2, 0) is 4.74 Å². The molecule has 4 nitrogen and oxygen atoms in total. The van der Waals surface area contributed by atoms with Crippen LogP contribution in [0.5, 0.6) is 0 Å². The maximum Gasteiger partial charge on any atom is 0.0699 e. The lowest BCUT2D eigenvalue weighted by molar-refractivity contribution is -0.0606. The van der Waals surface area contributed by atoms with E-state index in [-0.39, 0.29) is 12.1 Å². The monoisotopic (exact) mass is 216 g/mol. The zero-order valence-corrected chi connectivity index (χ0v) is 10.1. The van der Waals surface area contributed by atoms with Gasteiger partial charge < -0.3 is 15.2 Å². The summed E-state index contributed by atoms with van der Waals surface area (Å²) in [5.41, 5.74) is -0.211. The maximum absolute atomic E-state index is 9.69. The third kappa shape index (κ3) is 2.69. The number of methoxy groups -OCH3 is 1. The molecule has 1 aliphatic heterocycles. The van der Waals surface area contributed by atoms with E-state index in [0.29, 0.717) is 12.5 Å². The molecule has 0 radical (unpaired) electrons. The summed E-state index contributed by atoms with van der Waals surface area (Å²) >= 11 is 0. The standard InChI is InChI=1S/C11H24N2O2/c1-10(2)11(8-14,9-15-3)13-6-4-12-5-7-13/h10,12,14H,4-9H2,1-3H3. The van der Waals surface area contributed by atoms with Crippen LogP contribution in [0.3, 0.4) is 0 Å². The molecule has 0 saturated carbocycles. The van der Waals surface area contributed by atoms with Gasteiger partial charge in [0.1, 0.15) is 0 Å². The van der Waals surface area contributed by atoms with Crippen molar-refractivity contribution in [2.75, 3.05) is 46.5 Å². The number of hydrogen-bond acceptors (Lipinski definition) is 4. The molecule has 1 fully saturated rings. The molecule has 0 aromatic carbocycles. The van der Waals surface area contributed by atoms with E-state index >= 15 is 0 Å². The molecule has 1 aliphatic rings. The molecule has 1 unspecified atom stereocenters. The van der Waals surface area contributed by atoms with E-state index < -0.39 is 0 Å². The van der Waals surface area contributed by atoms with E-state index in [4.69, 9.17) is 4.74 Å². The van der Waals surface area contributed by atoms with Crippen molar-refractivity contribution >= 4 is 0 Å². The Bertz CT molecular complexity index is 181. The number of rotatable bonds is 5. The highest BCUT2D eigenvalue weighted by molar-refractivity contribution is 4.94. The summed E-state index contributed by atoms with van der Waals surface area (Å²) in [7, 11) is 1.70. The van der Waals surface area contributed by atoms with Crippen LogP contribution in [0, 0.1) is 5.92 Å². The van der Waals surface area contributed by atoms with E-state index in [1.54, 1.807) is 7.11 Å². The minimum atomic E-state index is -0.211. The van der Waals surface area contributed by atoms with Gasteiger partial charge in [0.2, 0.25) is 0 Å². The molecule has 1 atom stereocenters. The molecular weight excluding hydrogens is 192 g/mol. The average molecular weight is 216 g/mol. The first kappa shape index (κ1) is 12.9. The van der Waals surface area contributed by atoms with Crippen LogP contribution in [0.15, 0.2) is 0 Å². The Balaban J connectivity index is 2.75. The fourth-order valence-corrected chi connectivity index (χ4v) is 2.31. The van der Waals surface area contributed by atoms with Crippen LogP contribution in [-0.4, -0.2) is 62.0 Å². The molecule has 1 heterocycles. The number of aliphatic hydroxyl groups excluding tert-OH is 1. The molecular formula is C11H24N2O2. The summed E-state index contributed by atoms with van der Waals surface area (Å²) in [6.07, 6.45) is 0. The minimum Gasteiger partial charge on any atom is -0.394 e. The van der Waals surface area contributed by atoms with Crippen LogP contribution < -0.4 is 5.32 Å². The van der Waals surface area contributed by atoms with Gasteiger partial charge >= 0.3 is 0 Å². The van der Waals surface area contributed by atoms with E-state index in [1.165, 1.54) is 0 Å². The van der Waals surface area contributed by atoms with Crippen LogP contribution in [0.2, 0.25) is 0 Å². The molecule has 1 rings (SSSR count). The normalized spacial score (nSPS) is 23.0. The highest BCUT2D eigenvalue weighted by atomic mass is 16.5. The van der Waals surface area contributed by atoms with E-state index in [2.05, 4.69) is 24.1 Å². The Kier molecular flexibility index (Phi) is 4.99. The third-order valence-electron chi connectivity index (χ3n) is 3.49. The van der Waals surface area contributed by atoms with Gasteiger partial charge in [-0.05, 0) is 5.92 Å². The highest BCUT2D eigenvalue weighted by Gasteiger charge is 2.39. The molecule has 0 bridgehead atoms. The Morgan fingerprint density at radius 3 is 2.40 bits per heavy atom. The number of nitrogens with zero attached hydrogens (tertiary/aromatic N) is 1. The molecule has 0 spiro atoms. The molecule has 0 aromatic rings. The highest BCUT2D eigenvalue weighted by Crippen LogP contribution is 2.25. The van der Waals surface area contributed by atoms with Crippen molar-refractivity contribution in [3.63, 3.8) is 0 Å². The third-order valence-corrected chi connectivity index (χ3v) is 3.49. The van der Waals surface area contributed by atoms with Crippen molar-refractivity contribution in [2.45, 2.75) is 19.4 Å². The smallest absolute Gasteiger partial charge is 0.0699 e. The van der Waals surface area contributed by atoms with Crippen molar-refractivity contribution in [1.82, 2.24) is 10.2 Å². The molecule has 2 N–H and O–H groups in total. The van der Waals surface area contributed by atoms with Crippen LogP contribution in [0.4, 0.5) is 0 Å². The second kappa shape index (κ2) is 5.80. The first-order valence-electron chi connectivity index (χ1n) is 5.73. The van der Waals surface area contributed by atoms with Gasteiger partial charge in [0.05, 0.1) is 18.8 Å². The zero-order valence-electron chi connectivity index (χ0n) is 10.1. The fraction of sp³-hybridized carbons (Fsp3) is 1.00. The van der Waals surface area contributed by atoms with Crippen LogP contribution in [0.1, 0.15) is 13.8 Å². The topological polar surface area (TPSA) is 44.7 Å². The average Bonchev–Trinajstić information content (AvgIpc) is 2.26. The number of piperazine rings is 1. The zero-order chi connectivity index (χ0) is 11.3. The molecule has 0 aromatic heterocycles. The van der Waals surface area contributed by atoms with E-state index in [1.807, 2.05) is 0 Å². The summed E-state index contributed by atoms with van der Waals surface area (Å²) in [6, 6.07) is 0. The molecule has 0 aliphatic carbocycles. The van der Waals surface area contributed by atoms with Gasteiger partial charge in [-0.25, -0.2) is 0 Å². The summed E-state index contributed by atoms with van der Waals surface area (Å²) in [6.45, 7) is 9.04. The number of aliphatic hydroxyl groups is 1. The maximum atomic E-state index is 9.69. The summed E-state index contributed by atoms with van der Waals surface area (Å²) in [4.78, 5) is 2.36. The summed E-state index contributed by atoms with van der Waals surface area (Å²) in [5, 5.41) is 13.0. The van der Waals surface area contributed by atoms with E-state index in [0.717, 1.165) is 26.2 Å². The second-order valence-corrected chi connectivity index (χ2v) is 4.59. The van der Waals surface area contributed by atoms with Crippen molar-refractivity contribution in [1.29, 1.82) is 0 Å². The van der Waals surface area contributed by atoms with Gasteiger partial charge in [-0.15, -0.1) is 0 Å². The van der Waals surface area contributed by atoms with Crippen molar-refractivity contribution in [3.8, 4) is 0 Å². The van der Waals surface area contributed by atoms with Crippen molar-refractivity contribution in [2.24, 2.45) is 5.92 Å². The SMILES string of the molecule is COCC(CO)(C(C)C)N1CCNCC1. The summed E-state index contributed by atoms with van der Waals surface area (Å²) < 4.78 is 5.29. The minimum absolute atomic E-state index is 0.165. The van der Waals surface area contributed by atoms with Gasteiger partial charge in [-0.2, -0.15) is 0 Å². The predicted octanol–water partition coefficient (Wildman–Crippen LogP) is -0.0749. The Labute approximate surface area is 92.6 Å². The van der Waals surface area contributed by atoms with Crippen molar-refractivity contribution in [3.05, 3.63) is 0 Å². The van der Waals surface area contributed by atoms with Crippen LogP contribution in [0.25, 0.3) is 0 Å². The predicted molar refractivity (Wildman–Crippen MR) is 61.0 cm³/mol. The van der Waals surface area contributed by atoms with Gasteiger partial charge in [0, 0.05) is 33.3 Å². The van der Waals surface area contributed by atoms with E-state index in [9.17, 15) is 5.11 Å². The van der Waals surface area contributed by atoms with Gasteiger partial charge in [-0.1, -0.05) is 13.8 Å². The molecule has 15 heavy (non-hydrogen) atoms. The van der Waals surface area contributed by atoms with Crippen LogP contribution >= 0.6 is 0 Å². The Morgan fingerprint density at radius 2 is 2.00 bits per heavy atom. The molecule has 0 amide bonds. The lowest BCUT2D eigenvalue weighted by atomic mass is 9.85. The van der Waals surface area contributed by atoms with Gasteiger partial charge in [0.25, 0.3) is 0 Å². The van der Waals surface area contributed by atoms with Crippen molar-refractivity contribution < 1.29 is 9.84 Å². The fourth-order valence-electron chi connectivity index (χ4n) is 2.31. The Morgan fingerprint density at radius 1 is 1.40 bits per heavy atom. The lowest BCUT2D eigenvalue weighted by Gasteiger charge is -2.47.